The molecule has 0 bridgehead atoms. The molecule has 5 heteroatoms. The third-order valence-electron chi connectivity index (χ3n) is 2.97. The molecule has 0 spiro atoms. The Hall–Kier alpha value is -1.30. The molecule has 18 heavy (non-hydrogen) atoms. The molecule has 0 amide bonds. The van der Waals surface area contributed by atoms with Crippen molar-refractivity contribution in [2.45, 2.75) is 13.3 Å². The number of hydrazine groups is 1. The Morgan fingerprint density at radius 3 is 2.56 bits per heavy atom. The summed E-state index contributed by atoms with van der Waals surface area (Å²) in [4.78, 5) is 2.11. The van der Waals surface area contributed by atoms with Crippen molar-refractivity contribution in [2.24, 2.45) is 5.84 Å². The predicted molar refractivity (Wildman–Crippen MR) is 72.8 cm³/mol. The summed E-state index contributed by atoms with van der Waals surface area (Å²) in [5, 5.41) is 0. The van der Waals surface area contributed by atoms with Gasteiger partial charge in [-0.05, 0) is 37.6 Å². The molecule has 102 valence electrons. The van der Waals surface area contributed by atoms with Crippen molar-refractivity contribution in [1.29, 1.82) is 0 Å². The van der Waals surface area contributed by atoms with Crippen molar-refractivity contribution in [3.8, 4) is 11.5 Å². The van der Waals surface area contributed by atoms with E-state index in [-0.39, 0.29) is 0 Å². The van der Waals surface area contributed by atoms with E-state index in [0.717, 1.165) is 24.5 Å². The van der Waals surface area contributed by atoms with Crippen molar-refractivity contribution >= 4 is 0 Å². The Morgan fingerprint density at radius 2 is 2.00 bits per heavy atom. The zero-order chi connectivity index (χ0) is 13.5. The van der Waals surface area contributed by atoms with Crippen LogP contribution in [-0.4, -0.2) is 39.4 Å². The number of methoxy groups -OCH3 is 2. The average Bonchev–Trinajstić information content (AvgIpc) is 2.36. The molecule has 5 nitrogen and oxygen atoms in total. The number of hydrogen-bond donors (Lipinski definition) is 2. The number of likely N-dealkylation sites (N-methyl/N-ethyl adjacent to an activating group) is 1. The van der Waals surface area contributed by atoms with Gasteiger partial charge < -0.3 is 9.47 Å². The minimum atomic E-state index is 0.664. The molecule has 0 aliphatic carbocycles. The van der Waals surface area contributed by atoms with Crippen LogP contribution in [-0.2, 0) is 6.42 Å². The van der Waals surface area contributed by atoms with Crippen LogP contribution in [0, 0.1) is 6.92 Å². The highest BCUT2D eigenvalue weighted by molar-refractivity contribution is 5.46. The van der Waals surface area contributed by atoms with Crippen LogP contribution in [0.2, 0.25) is 0 Å². The van der Waals surface area contributed by atoms with Crippen LogP contribution < -0.4 is 20.7 Å². The van der Waals surface area contributed by atoms with Crippen LogP contribution >= 0.6 is 0 Å². The average molecular weight is 253 g/mol. The Bertz CT molecular complexity index is 383. The van der Waals surface area contributed by atoms with Crippen LogP contribution in [0.3, 0.4) is 0 Å². The van der Waals surface area contributed by atoms with Gasteiger partial charge in [-0.1, -0.05) is 0 Å². The lowest BCUT2D eigenvalue weighted by atomic mass is 10.0. The summed E-state index contributed by atoms with van der Waals surface area (Å²) in [5.74, 6) is 6.99. The fourth-order valence-electron chi connectivity index (χ4n) is 1.91. The second-order valence-electron chi connectivity index (χ2n) is 4.32. The zero-order valence-corrected chi connectivity index (χ0v) is 11.6. The first-order valence-electron chi connectivity index (χ1n) is 5.95. The summed E-state index contributed by atoms with van der Waals surface area (Å²) in [6, 6.07) is 3.95. The predicted octanol–water partition coefficient (Wildman–Crippen LogP) is 0.907. The molecule has 0 unspecified atom stereocenters. The molecule has 0 heterocycles. The minimum Gasteiger partial charge on any atom is -0.497 e. The lowest BCUT2D eigenvalue weighted by Gasteiger charge is -2.18. The van der Waals surface area contributed by atoms with Gasteiger partial charge in [-0.25, -0.2) is 5.43 Å². The van der Waals surface area contributed by atoms with Gasteiger partial charge in [-0.3, -0.25) is 10.7 Å². The summed E-state index contributed by atoms with van der Waals surface area (Å²) >= 11 is 0. The number of nitrogens with two attached hydrogens (primary N) is 1. The highest BCUT2D eigenvalue weighted by atomic mass is 16.5. The SMILES string of the molecule is COc1cc(C)c(CCN(C)CNN)c(OC)c1. The number of nitrogens with one attached hydrogen (secondary N) is 1. The maximum Gasteiger partial charge on any atom is 0.126 e. The van der Waals surface area contributed by atoms with Gasteiger partial charge in [-0.15, -0.1) is 0 Å². The highest BCUT2D eigenvalue weighted by Crippen LogP contribution is 2.28. The van der Waals surface area contributed by atoms with Gasteiger partial charge in [0.15, 0.2) is 0 Å². The molecular formula is C13H23N3O2. The molecule has 1 rings (SSSR count). The van der Waals surface area contributed by atoms with Crippen LogP contribution in [0.1, 0.15) is 11.1 Å². The van der Waals surface area contributed by atoms with Gasteiger partial charge in [0.05, 0.1) is 20.9 Å². The fourth-order valence-corrected chi connectivity index (χ4v) is 1.91. The van der Waals surface area contributed by atoms with Gasteiger partial charge in [0.1, 0.15) is 11.5 Å². The van der Waals surface area contributed by atoms with E-state index in [1.165, 1.54) is 11.1 Å². The monoisotopic (exact) mass is 253 g/mol. The van der Waals surface area contributed by atoms with Gasteiger partial charge in [0.2, 0.25) is 0 Å². The number of ether oxygens (including phenoxy) is 2. The lowest BCUT2D eigenvalue weighted by Crippen LogP contribution is -2.36. The van der Waals surface area contributed by atoms with E-state index in [4.69, 9.17) is 15.3 Å². The van der Waals surface area contributed by atoms with E-state index in [0.29, 0.717) is 6.67 Å². The molecule has 1 aromatic rings. The van der Waals surface area contributed by atoms with Gasteiger partial charge in [-0.2, -0.15) is 0 Å². The molecule has 0 fully saturated rings. The quantitative estimate of drug-likeness (QED) is 0.430. The molecule has 1 aromatic carbocycles. The van der Waals surface area contributed by atoms with Crippen molar-refractivity contribution in [1.82, 2.24) is 10.3 Å². The van der Waals surface area contributed by atoms with E-state index in [2.05, 4.69) is 17.2 Å². The van der Waals surface area contributed by atoms with Crippen molar-refractivity contribution in [3.05, 3.63) is 23.3 Å². The van der Waals surface area contributed by atoms with Crippen molar-refractivity contribution in [3.63, 3.8) is 0 Å². The van der Waals surface area contributed by atoms with Crippen molar-refractivity contribution < 1.29 is 9.47 Å². The first kappa shape index (κ1) is 14.8. The number of rotatable bonds is 7. The highest BCUT2D eigenvalue weighted by Gasteiger charge is 2.10. The molecule has 0 atom stereocenters. The second kappa shape index (κ2) is 7.20. The van der Waals surface area contributed by atoms with Crippen molar-refractivity contribution in [2.75, 3.05) is 34.5 Å². The van der Waals surface area contributed by atoms with E-state index < -0.39 is 0 Å². The number of aryl methyl sites for hydroxylation is 1. The van der Waals surface area contributed by atoms with Gasteiger partial charge in [0.25, 0.3) is 0 Å². The fraction of sp³-hybridized carbons (Fsp3) is 0.538. The smallest absolute Gasteiger partial charge is 0.126 e. The van der Waals surface area contributed by atoms with Gasteiger partial charge >= 0.3 is 0 Å². The number of hydrogen-bond acceptors (Lipinski definition) is 5. The van der Waals surface area contributed by atoms with Gasteiger partial charge in [0, 0.05) is 12.6 Å². The Labute approximate surface area is 109 Å². The minimum absolute atomic E-state index is 0.664. The number of benzene rings is 1. The number of nitrogens with zero attached hydrogens (tertiary/aromatic N) is 1. The summed E-state index contributed by atoms with van der Waals surface area (Å²) in [7, 11) is 5.36. The molecule has 0 saturated carbocycles. The molecule has 0 aromatic heterocycles. The first-order valence-corrected chi connectivity index (χ1v) is 5.95. The normalized spacial score (nSPS) is 10.8. The lowest BCUT2D eigenvalue weighted by molar-refractivity contribution is 0.310. The van der Waals surface area contributed by atoms with E-state index >= 15 is 0 Å². The Morgan fingerprint density at radius 1 is 1.28 bits per heavy atom. The van der Waals surface area contributed by atoms with Crippen LogP contribution in [0.25, 0.3) is 0 Å². The zero-order valence-electron chi connectivity index (χ0n) is 11.6. The largest absolute Gasteiger partial charge is 0.497 e. The maximum atomic E-state index is 5.42. The maximum absolute atomic E-state index is 5.42. The molecular weight excluding hydrogens is 230 g/mol. The summed E-state index contributed by atoms with van der Waals surface area (Å²) in [5.41, 5.74) is 5.03. The Kier molecular flexibility index (Phi) is 5.91. The van der Waals surface area contributed by atoms with Crippen LogP contribution in [0.15, 0.2) is 12.1 Å². The summed E-state index contributed by atoms with van der Waals surface area (Å²) in [6.45, 7) is 3.65. The van der Waals surface area contributed by atoms with Crippen LogP contribution in [0.4, 0.5) is 0 Å². The third-order valence-corrected chi connectivity index (χ3v) is 2.97. The molecule has 3 N–H and O–H groups in total. The van der Waals surface area contributed by atoms with E-state index in [1.54, 1.807) is 14.2 Å². The molecule has 0 aliphatic heterocycles. The third kappa shape index (κ3) is 3.87. The molecule has 0 saturated heterocycles. The second-order valence-corrected chi connectivity index (χ2v) is 4.32. The molecule has 0 radical (unpaired) electrons. The first-order chi connectivity index (χ1) is 8.62. The van der Waals surface area contributed by atoms with E-state index in [9.17, 15) is 0 Å². The molecule has 0 aliphatic rings. The van der Waals surface area contributed by atoms with E-state index in [1.807, 2.05) is 19.2 Å². The topological polar surface area (TPSA) is 59.8 Å². The van der Waals surface area contributed by atoms with Crippen LogP contribution in [0.5, 0.6) is 11.5 Å². The Balaban J connectivity index is 2.81. The summed E-state index contributed by atoms with van der Waals surface area (Å²) in [6.07, 6.45) is 0.914. The standard InChI is InChI=1S/C13H23N3O2/c1-10-7-11(17-3)8-13(18-4)12(10)5-6-16(2)9-15-14/h7-8,15H,5-6,9,14H2,1-4H3. The summed E-state index contributed by atoms with van der Waals surface area (Å²) < 4.78 is 10.7.